The normalized spacial score (nSPS) is 20.5. The molecule has 0 radical (unpaired) electrons. The number of sulfonamides is 1. The average molecular weight is 823 g/mol. The number of para-hydroxylation sites is 1. The Morgan fingerprint density at radius 3 is 2.54 bits per heavy atom. The van der Waals surface area contributed by atoms with Gasteiger partial charge < -0.3 is 0 Å². The fraction of sp³-hybridized carbons (Fsp3) is 0.208. The van der Waals surface area contributed by atoms with Crippen molar-refractivity contribution in [1.29, 1.82) is 0 Å². The summed E-state index contributed by atoms with van der Waals surface area (Å²) in [6, 6.07) is 10.5. The molecule has 0 saturated carbocycles. The molecule has 2 aliphatic heterocycles. The summed E-state index contributed by atoms with van der Waals surface area (Å²) in [6.07, 6.45) is 3.19. The van der Waals surface area contributed by atoms with Gasteiger partial charge in [-0.15, -0.1) is 0 Å². The second-order valence-corrected chi connectivity index (χ2v) is 23.1. The van der Waals surface area contributed by atoms with Crippen LogP contribution in [0.5, 0.6) is 5.75 Å². The molecule has 0 unspecified atom stereocenters. The van der Waals surface area contributed by atoms with Gasteiger partial charge in [0.25, 0.3) is 0 Å². The van der Waals surface area contributed by atoms with Crippen LogP contribution in [-0.4, -0.2) is 32.8 Å². The third kappa shape index (κ3) is 7.16. The number of phenols is 1. The Morgan fingerprint density at radius 2 is 1.84 bits per heavy atom. The van der Waals surface area contributed by atoms with Crippen LogP contribution in [-0.2, 0) is 16.2 Å². The van der Waals surface area contributed by atoms with E-state index in [0.29, 0.717) is 0 Å². The molecular weight excluding hydrogens is 801 g/mol. The fourth-order valence-electron chi connectivity index (χ4n) is 3.53. The Kier molecular flexibility index (Phi) is 9.40. The molecule has 0 saturated heterocycles. The molecule has 0 fully saturated rings. The number of rotatable bonds is 7. The predicted molar refractivity (Wildman–Crippen MR) is 147 cm³/mol. The molecule has 0 amide bonds. The fourth-order valence-corrected chi connectivity index (χ4v) is 21.9. The van der Waals surface area contributed by atoms with Crippen molar-refractivity contribution in [3.63, 3.8) is 0 Å². The molecule has 0 aromatic heterocycles. The molecule has 0 atom stereocenters. The van der Waals surface area contributed by atoms with E-state index in [1.807, 2.05) is 24.4 Å². The molecular formula is C24H22BrF3I2N3O3S-. The molecule has 2 aliphatic rings. The van der Waals surface area contributed by atoms with Crippen LogP contribution >= 0.6 is 31.8 Å². The molecule has 2 aromatic carbocycles. The molecule has 4 rings (SSSR count). The Hall–Kier alpha value is -1.43. The van der Waals surface area contributed by atoms with Crippen LogP contribution in [0.15, 0.2) is 80.6 Å². The number of alkyl halides is 3. The second kappa shape index (κ2) is 12.2. The first-order chi connectivity index (χ1) is 17.6. The quantitative estimate of drug-likeness (QED) is 0.228. The Balaban J connectivity index is 1.50. The van der Waals surface area contributed by atoms with Crippen molar-refractivity contribution >= 4 is 53.6 Å². The van der Waals surface area contributed by atoms with Crippen LogP contribution in [0.25, 0.3) is 5.57 Å². The molecule has 13 heteroatoms. The summed E-state index contributed by atoms with van der Waals surface area (Å²) in [7, 11) is -3.97. The Labute approximate surface area is 235 Å². The van der Waals surface area contributed by atoms with Gasteiger partial charge >= 0.3 is 237 Å². The number of nitrogens with zero attached hydrogens (tertiary/aromatic N) is 1. The van der Waals surface area contributed by atoms with Crippen LogP contribution in [0.2, 0.25) is 0 Å². The van der Waals surface area contributed by atoms with E-state index in [1.165, 1.54) is 3.58 Å². The van der Waals surface area contributed by atoms with Crippen LogP contribution in [0.4, 0.5) is 13.2 Å². The Morgan fingerprint density at radius 1 is 1.11 bits per heavy atom. The van der Waals surface area contributed by atoms with Gasteiger partial charge in [-0.25, -0.2) is 0 Å². The van der Waals surface area contributed by atoms with Gasteiger partial charge in [0.05, 0.1) is 0 Å². The molecule has 0 bridgehead atoms. The topological polar surface area (TPSA) is 90.8 Å². The number of halogens is 6. The molecule has 3 N–H and O–H groups in total. The number of phenolic OH excluding ortho intramolecular Hbond substituents is 1. The van der Waals surface area contributed by atoms with Gasteiger partial charge in [0, 0.05) is 0 Å². The van der Waals surface area contributed by atoms with Crippen molar-refractivity contribution in [1.82, 2.24) is 10.0 Å². The number of hydrogen-bond acceptors (Lipinski definition) is 5. The van der Waals surface area contributed by atoms with Gasteiger partial charge in [-0.1, -0.05) is 0 Å². The molecule has 6 nitrogen and oxygen atoms in total. The predicted octanol–water partition coefficient (Wildman–Crippen LogP) is 3.11. The van der Waals surface area contributed by atoms with Gasteiger partial charge in [0.1, 0.15) is 0 Å². The third-order valence-electron chi connectivity index (χ3n) is 5.33. The van der Waals surface area contributed by atoms with Crippen molar-refractivity contribution in [2.45, 2.75) is 23.9 Å². The van der Waals surface area contributed by atoms with Crippen LogP contribution in [0.1, 0.15) is 24.0 Å². The first kappa shape index (κ1) is 28.6. The van der Waals surface area contributed by atoms with Crippen molar-refractivity contribution in [2.75, 3.05) is 13.1 Å². The maximum absolute atomic E-state index is 12.8. The average Bonchev–Trinajstić information content (AvgIpc) is 2.84. The second-order valence-electron chi connectivity index (χ2n) is 7.84. The summed E-state index contributed by atoms with van der Waals surface area (Å²) < 4.78 is 74.1. The van der Waals surface area contributed by atoms with E-state index in [1.54, 1.807) is 12.1 Å². The number of fused-ring (bicyclic) bond motifs is 1. The summed E-state index contributed by atoms with van der Waals surface area (Å²) in [5.41, 5.74) is 0.722. The summed E-state index contributed by atoms with van der Waals surface area (Å²) in [4.78, 5) is -0.229. The first-order valence-electron chi connectivity index (χ1n) is 10.9. The zero-order chi connectivity index (χ0) is 26.6. The zero-order valence-corrected chi connectivity index (χ0v) is 25.8. The van der Waals surface area contributed by atoms with E-state index in [0.717, 1.165) is 56.4 Å². The van der Waals surface area contributed by atoms with Gasteiger partial charge in [-0.2, -0.15) is 0 Å². The van der Waals surface area contributed by atoms with Crippen molar-refractivity contribution in [2.24, 2.45) is 3.21 Å². The number of benzene rings is 2. The van der Waals surface area contributed by atoms with Crippen LogP contribution < -0.4 is 27.5 Å². The van der Waals surface area contributed by atoms with Crippen LogP contribution in [0, 0.1) is 0 Å². The maximum atomic E-state index is 12.8. The van der Waals surface area contributed by atoms with Crippen molar-refractivity contribution in [3.05, 3.63) is 83.6 Å². The zero-order valence-electron chi connectivity index (χ0n) is 19.1. The molecule has 2 aromatic rings. The molecule has 37 heavy (non-hydrogen) atoms. The van der Waals surface area contributed by atoms with Crippen molar-refractivity contribution < 1.29 is 44.2 Å². The third-order valence-corrected chi connectivity index (χ3v) is 23.2. The Bertz CT molecular complexity index is 1390. The summed E-state index contributed by atoms with van der Waals surface area (Å²) in [5.74, 6) is 0.186. The van der Waals surface area contributed by atoms with E-state index < -0.39 is 55.1 Å². The summed E-state index contributed by atoms with van der Waals surface area (Å²) in [6.45, 7) is 0.328. The number of hydrogen-bond donors (Lipinski definition) is 3. The number of aromatic hydroxyl groups is 1. The summed E-state index contributed by atoms with van der Waals surface area (Å²) >= 11 is 1.35. The minimum absolute atomic E-state index is 0.0438. The van der Waals surface area contributed by atoms with Crippen molar-refractivity contribution in [3.8, 4) is 5.75 Å². The van der Waals surface area contributed by atoms with Gasteiger partial charge in [0.15, 0.2) is 0 Å². The van der Waals surface area contributed by atoms with E-state index >= 15 is 0 Å². The first-order valence-corrected chi connectivity index (χ1v) is 22.6. The molecule has 200 valence electrons. The van der Waals surface area contributed by atoms with E-state index in [2.05, 4.69) is 35.3 Å². The van der Waals surface area contributed by atoms with Gasteiger partial charge in [-0.05, 0) is 0 Å². The van der Waals surface area contributed by atoms with Gasteiger partial charge in [0.2, 0.25) is 0 Å². The van der Waals surface area contributed by atoms with E-state index in [9.17, 15) is 26.7 Å². The monoisotopic (exact) mass is 822 g/mol. The molecule has 0 aliphatic carbocycles. The number of allylic oxidation sites excluding steroid dienone is 5. The standard InChI is InChI=1S/C24H22BrF3I2N3O3S/c25-20-15-32-29-30-21(20)6-3-4-16(19-5-1-2-7-22(19)34)14-23(30)31-12-13-33-37(35,36)18-10-8-17(9-11-18)24(26,27)28/h1-2,4-5,7-11,14-15,31,33-34H,3,6,12-13H2/q-1/b16-4-,23-14+. The number of nitrogens with one attached hydrogen (secondary N) is 2. The van der Waals surface area contributed by atoms with E-state index in [-0.39, 0.29) is 23.7 Å². The SMILES string of the molecule is O=S(=O)(NCCN/C1=C/C(c2ccccc2O)=C/CCC2=C(Br)C=N[I-]I21)c1ccc(C(F)(F)F)cc1. The van der Waals surface area contributed by atoms with Crippen LogP contribution in [0.3, 0.4) is 0 Å². The molecule has 0 spiro atoms. The van der Waals surface area contributed by atoms with E-state index in [4.69, 9.17) is 0 Å². The molecule has 2 heterocycles. The minimum atomic E-state index is -4.53. The van der Waals surface area contributed by atoms with Gasteiger partial charge in [-0.3, -0.25) is 0 Å². The summed E-state index contributed by atoms with van der Waals surface area (Å²) in [5, 5.41) is 13.8.